The van der Waals surface area contributed by atoms with Crippen LogP contribution in [0.1, 0.15) is 41.4 Å². The summed E-state index contributed by atoms with van der Waals surface area (Å²) in [6.45, 7) is 5.05. The molecule has 158 valence electrons. The highest BCUT2D eigenvalue weighted by molar-refractivity contribution is 7.91. The summed E-state index contributed by atoms with van der Waals surface area (Å²) in [5.41, 5.74) is 3.43. The van der Waals surface area contributed by atoms with Gasteiger partial charge in [0.05, 0.1) is 11.1 Å². The van der Waals surface area contributed by atoms with Crippen molar-refractivity contribution in [2.45, 2.75) is 43.4 Å². The van der Waals surface area contributed by atoms with Gasteiger partial charge in [-0.1, -0.05) is 31.2 Å². The van der Waals surface area contributed by atoms with Crippen LogP contribution in [0.15, 0.2) is 46.0 Å². The third-order valence-corrected chi connectivity index (χ3v) is 8.57. The summed E-state index contributed by atoms with van der Waals surface area (Å²) in [7, 11) is -3.49. The summed E-state index contributed by atoms with van der Waals surface area (Å²) in [5.74, 6) is 0.000337. The Morgan fingerprint density at radius 3 is 2.60 bits per heavy atom. The highest BCUT2D eigenvalue weighted by Gasteiger charge is 2.29. The molecule has 0 atom stereocenters. The number of rotatable bonds is 5. The van der Waals surface area contributed by atoms with Gasteiger partial charge in [-0.05, 0) is 49.3 Å². The predicted molar refractivity (Wildman–Crippen MR) is 119 cm³/mol. The summed E-state index contributed by atoms with van der Waals surface area (Å²) in [6, 6.07) is 10.9. The summed E-state index contributed by atoms with van der Waals surface area (Å²) in [6.07, 6.45) is 1.96. The largest absolute Gasteiger partial charge is 0.339 e. The molecule has 0 saturated carbocycles. The molecule has 1 aliphatic heterocycles. The zero-order valence-corrected chi connectivity index (χ0v) is 18.7. The quantitative estimate of drug-likeness (QED) is 0.651. The van der Waals surface area contributed by atoms with Gasteiger partial charge in [-0.25, -0.2) is 13.1 Å². The Balaban J connectivity index is 1.52. The average molecular weight is 444 g/mol. The summed E-state index contributed by atoms with van der Waals surface area (Å²) in [5, 5.41) is 2.62. The molecule has 1 aromatic carbocycles. The fraction of sp³-hybridized carbons (Fsp3) is 0.364. The molecular formula is C22H25N3O3S2. The molecule has 1 saturated heterocycles. The number of hydrogen-bond acceptors (Lipinski definition) is 5. The molecule has 3 heterocycles. The second-order valence-corrected chi connectivity index (χ2v) is 10.4. The Hall–Kier alpha value is -2.29. The molecule has 1 aliphatic rings. The van der Waals surface area contributed by atoms with Crippen molar-refractivity contribution < 1.29 is 13.2 Å². The number of carbonyl (C=O) groups is 1. The number of likely N-dealkylation sites (tertiary alicyclic amines) is 1. The van der Waals surface area contributed by atoms with Crippen LogP contribution in [0.3, 0.4) is 0 Å². The van der Waals surface area contributed by atoms with E-state index in [1.165, 1.54) is 11.3 Å². The fourth-order valence-corrected chi connectivity index (χ4v) is 6.34. The van der Waals surface area contributed by atoms with E-state index < -0.39 is 10.0 Å². The van der Waals surface area contributed by atoms with E-state index in [1.54, 1.807) is 17.5 Å². The number of aromatic nitrogens is 1. The Morgan fingerprint density at radius 1 is 1.20 bits per heavy atom. The van der Waals surface area contributed by atoms with Crippen LogP contribution < -0.4 is 4.72 Å². The highest BCUT2D eigenvalue weighted by Crippen LogP contribution is 2.26. The summed E-state index contributed by atoms with van der Waals surface area (Å²) < 4.78 is 28.1. The van der Waals surface area contributed by atoms with Crippen LogP contribution in [-0.4, -0.2) is 43.3 Å². The first-order chi connectivity index (χ1) is 14.4. The Labute approximate surface area is 181 Å². The first-order valence-corrected chi connectivity index (χ1v) is 12.5. The SMILES string of the molecule is CCc1nc2ccccc2c(C(=O)N2CCC(NS(=O)(=O)c3cccs3)CC2)c1C. The van der Waals surface area contributed by atoms with E-state index in [2.05, 4.69) is 4.72 Å². The first-order valence-electron chi connectivity index (χ1n) is 10.1. The van der Waals surface area contributed by atoms with E-state index in [4.69, 9.17) is 4.98 Å². The van der Waals surface area contributed by atoms with E-state index in [0.717, 1.165) is 34.1 Å². The molecule has 4 rings (SSSR count). The zero-order valence-electron chi connectivity index (χ0n) is 17.1. The highest BCUT2D eigenvalue weighted by atomic mass is 32.2. The number of carbonyl (C=O) groups excluding carboxylic acids is 1. The van der Waals surface area contributed by atoms with Crippen molar-refractivity contribution in [3.05, 3.63) is 58.6 Å². The molecular weight excluding hydrogens is 418 g/mol. The van der Waals surface area contributed by atoms with Gasteiger partial charge in [0.2, 0.25) is 10.0 Å². The average Bonchev–Trinajstić information content (AvgIpc) is 3.29. The van der Waals surface area contributed by atoms with Crippen molar-refractivity contribution in [2.75, 3.05) is 13.1 Å². The lowest BCUT2D eigenvalue weighted by atomic mass is 9.97. The van der Waals surface area contributed by atoms with Crippen molar-refractivity contribution in [1.29, 1.82) is 0 Å². The minimum atomic E-state index is -3.49. The number of thiophene rings is 1. The third kappa shape index (κ3) is 3.99. The first kappa shape index (κ1) is 21.0. The molecule has 1 fully saturated rings. The smallest absolute Gasteiger partial charge is 0.254 e. The van der Waals surface area contributed by atoms with E-state index in [0.29, 0.717) is 30.1 Å². The lowest BCUT2D eigenvalue weighted by molar-refractivity contribution is 0.0712. The van der Waals surface area contributed by atoms with Crippen molar-refractivity contribution in [2.24, 2.45) is 0 Å². The number of piperidine rings is 1. The van der Waals surface area contributed by atoms with Crippen LogP contribution in [0.4, 0.5) is 0 Å². The molecule has 0 radical (unpaired) electrons. The van der Waals surface area contributed by atoms with E-state index in [1.807, 2.05) is 43.0 Å². The van der Waals surface area contributed by atoms with Crippen molar-refractivity contribution >= 4 is 38.2 Å². The van der Waals surface area contributed by atoms with Crippen LogP contribution >= 0.6 is 11.3 Å². The molecule has 30 heavy (non-hydrogen) atoms. The molecule has 1 amide bonds. The number of nitrogens with one attached hydrogen (secondary N) is 1. The standard InChI is InChI=1S/C22H25N3O3S2/c1-3-18-15(2)21(17-7-4-5-8-19(17)23-18)22(26)25-12-10-16(11-13-25)24-30(27,28)20-9-6-14-29-20/h4-9,14,16,24H,3,10-13H2,1-2H3. The Morgan fingerprint density at radius 2 is 1.93 bits per heavy atom. The van der Waals surface area contributed by atoms with E-state index in [9.17, 15) is 13.2 Å². The third-order valence-electron chi connectivity index (χ3n) is 5.65. The van der Waals surface area contributed by atoms with E-state index >= 15 is 0 Å². The number of para-hydroxylation sites is 1. The van der Waals surface area contributed by atoms with Crippen LogP contribution in [0.2, 0.25) is 0 Å². The van der Waals surface area contributed by atoms with Crippen LogP contribution in [-0.2, 0) is 16.4 Å². The maximum atomic E-state index is 13.4. The monoisotopic (exact) mass is 443 g/mol. The van der Waals surface area contributed by atoms with Crippen LogP contribution in [0, 0.1) is 6.92 Å². The van der Waals surface area contributed by atoms with Gasteiger partial charge in [-0.3, -0.25) is 9.78 Å². The van der Waals surface area contributed by atoms with Crippen LogP contribution in [0.5, 0.6) is 0 Å². The van der Waals surface area contributed by atoms with Crippen molar-refractivity contribution in [3.63, 3.8) is 0 Å². The van der Waals surface area contributed by atoms with Crippen molar-refractivity contribution in [1.82, 2.24) is 14.6 Å². The molecule has 2 aromatic heterocycles. The Kier molecular flexibility index (Phi) is 5.90. The van der Waals surface area contributed by atoms with Gasteiger partial charge >= 0.3 is 0 Å². The molecule has 1 N–H and O–H groups in total. The molecule has 6 nitrogen and oxygen atoms in total. The molecule has 0 aliphatic carbocycles. The second-order valence-electron chi connectivity index (χ2n) is 7.55. The number of aryl methyl sites for hydroxylation is 1. The van der Waals surface area contributed by atoms with Gasteiger partial charge in [0.15, 0.2) is 0 Å². The Bertz CT molecular complexity index is 1170. The zero-order chi connectivity index (χ0) is 21.3. The van der Waals surface area contributed by atoms with Gasteiger partial charge in [0, 0.05) is 30.2 Å². The van der Waals surface area contributed by atoms with Gasteiger partial charge in [0.1, 0.15) is 4.21 Å². The molecule has 0 spiro atoms. The fourth-order valence-electron chi connectivity index (χ4n) is 4.03. The predicted octanol–water partition coefficient (Wildman–Crippen LogP) is 3.75. The normalized spacial score (nSPS) is 15.6. The molecule has 0 bridgehead atoms. The number of sulfonamides is 1. The van der Waals surface area contributed by atoms with Gasteiger partial charge in [0.25, 0.3) is 5.91 Å². The molecule has 0 unspecified atom stereocenters. The van der Waals surface area contributed by atoms with E-state index in [-0.39, 0.29) is 11.9 Å². The minimum Gasteiger partial charge on any atom is -0.339 e. The number of nitrogens with zero attached hydrogens (tertiary/aromatic N) is 2. The lowest BCUT2D eigenvalue weighted by Crippen LogP contribution is -2.46. The number of amides is 1. The van der Waals surface area contributed by atoms with Crippen LogP contribution in [0.25, 0.3) is 10.9 Å². The summed E-state index contributed by atoms with van der Waals surface area (Å²) in [4.78, 5) is 20.0. The van der Waals surface area contributed by atoms with Gasteiger partial charge in [-0.2, -0.15) is 0 Å². The number of pyridine rings is 1. The maximum absolute atomic E-state index is 13.4. The summed E-state index contributed by atoms with van der Waals surface area (Å²) >= 11 is 1.21. The van der Waals surface area contributed by atoms with Gasteiger partial charge < -0.3 is 4.90 Å². The molecule has 8 heteroatoms. The molecule has 3 aromatic rings. The number of hydrogen-bond donors (Lipinski definition) is 1. The second kappa shape index (κ2) is 8.45. The lowest BCUT2D eigenvalue weighted by Gasteiger charge is -2.33. The number of fused-ring (bicyclic) bond motifs is 1. The minimum absolute atomic E-state index is 0.000337. The topological polar surface area (TPSA) is 79.4 Å². The number of benzene rings is 1. The van der Waals surface area contributed by atoms with Crippen molar-refractivity contribution in [3.8, 4) is 0 Å². The maximum Gasteiger partial charge on any atom is 0.254 e. The van der Waals surface area contributed by atoms with Gasteiger partial charge in [-0.15, -0.1) is 11.3 Å².